The summed E-state index contributed by atoms with van der Waals surface area (Å²) in [6.07, 6.45) is 1.91. The molecule has 2 rings (SSSR count). The summed E-state index contributed by atoms with van der Waals surface area (Å²) in [6, 6.07) is 9.83. The number of nitrogens with zero attached hydrogens (tertiary/aromatic N) is 1. The van der Waals surface area contributed by atoms with Crippen molar-refractivity contribution in [1.82, 2.24) is 5.32 Å². The first kappa shape index (κ1) is 14.0. The Labute approximate surface area is 109 Å². The van der Waals surface area contributed by atoms with E-state index in [1.54, 1.807) is 4.90 Å². The van der Waals surface area contributed by atoms with E-state index in [0.717, 1.165) is 31.6 Å². The van der Waals surface area contributed by atoms with Gasteiger partial charge in [0.1, 0.15) is 0 Å². The lowest BCUT2D eigenvalue weighted by Crippen LogP contribution is -2.39. The van der Waals surface area contributed by atoms with Crippen molar-refractivity contribution in [3.63, 3.8) is 0 Å². The SMILES string of the molecule is CN(C(=O)C1CCNCC1)c1ccccc1.Cl. The zero-order valence-electron chi connectivity index (χ0n) is 10.1. The normalized spacial score (nSPS) is 16.1. The minimum absolute atomic E-state index is 0. The second-order valence-electron chi connectivity index (χ2n) is 4.26. The fourth-order valence-corrected chi connectivity index (χ4v) is 2.12. The molecule has 0 radical (unpaired) electrons. The van der Waals surface area contributed by atoms with Crippen LogP contribution >= 0.6 is 12.4 Å². The van der Waals surface area contributed by atoms with Crippen molar-refractivity contribution < 1.29 is 4.79 Å². The average molecular weight is 255 g/mol. The lowest BCUT2D eigenvalue weighted by atomic mass is 9.96. The number of rotatable bonds is 2. The van der Waals surface area contributed by atoms with Crippen LogP contribution in [-0.2, 0) is 4.79 Å². The number of piperidine rings is 1. The Morgan fingerprint density at radius 3 is 2.41 bits per heavy atom. The highest BCUT2D eigenvalue weighted by Gasteiger charge is 2.24. The predicted octanol–water partition coefficient (Wildman–Crippen LogP) is 2.07. The summed E-state index contributed by atoms with van der Waals surface area (Å²) in [6.45, 7) is 1.91. The zero-order chi connectivity index (χ0) is 11.4. The van der Waals surface area contributed by atoms with Crippen molar-refractivity contribution in [3.8, 4) is 0 Å². The molecule has 1 aromatic rings. The summed E-state index contributed by atoms with van der Waals surface area (Å²) in [5.41, 5.74) is 0.978. The molecule has 0 spiro atoms. The Bertz CT molecular complexity index is 350. The molecule has 1 saturated heterocycles. The van der Waals surface area contributed by atoms with E-state index >= 15 is 0 Å². The van der Waals surface area contributed by atoms with Gasteiger partial charge in [0.2, 0.25) is 5.91 Å². The Hall–Kier alpha value is -1.06. The van der Waals surface area contributed by atoms with E-state index < -0.39 is 0 Å². The Kier molecular flexibility index (Phi) is 5.45. The number of benzene rings is 1. The van der Waals surface area contributed by atoms with Crippen LogP contribution in [0.15, 0.2) is 30.3 Å². The molecule has 1 amide bonds. The molecule has 4 heteroatoms. The second-order valence-corrected chi connectivity index (χ2v) is 4.26. The summed E-state index contributed by atoms with van der Waals surface area (Å²) in [7, 11) is 1.86. The van der Waals surface area contributed by atoms with Crippen molar-refractivity contribution in [2.24, 2.45) is 5.92 Å². The quantitative estimate of drug-likeness (QED) is 0.876. The summed E-state index contributed by atoms with van der Waals surface area (Å²) in [5.74, 6) is 0.430. The number of carbonyl (C=O) groups is 1. The van der Waals surface area contributed by atoms with Crippen LogP contribution in [0.1, 0.15) is 12.8 Å². The van der Waals surface area contributed by atoms with Gasteiger partial charge in [-0.05, 0) is 38.1 Å². The van der Waals surface area contributed by atoms with Gasteiger partial charge in [-0.3, -0.25) is 4.79 Å². The maximum atomic E-state index is 12.2. The van der Waals surface area contributed by atoms with Crippen molar-refractivity contribution >= 4 is 24.0 Å². The number of nitrogens with one attached hydrogen (secondary N) is 1. The van der Waals surface area contributed by atoms with Gasteiger partial charge in [-0.1, -0.05) is 18.2 Å². The third-order valence-electron chi connectivity index (χ3n) is 3.16. The highest BCUT2D eigenvalue weighted by Crippen LogP contribution is 2.19. The van der Waals surface area contributed by atoms with E-state index in [0.29, 0.717) is 0 Å². The molecule has 0 unspecified atom stereocenters. The number of carbonyl (C=O) groups excluding carboxylic acids is 1. The number of hydrogen-bond acceptors (Lipinski definition) is 2. The molecule has 1 N–H and O–H groups in total. The van der Waals surface area contributed by atoms with Crippen LogP contribution in [0.2, 0.25) is 0 Å². The van der Waals surface area contributed by atoms with Crippen LogP contribution in [-0.4, -0.2) is 26.0 Å². The first-order valence-electron chi connectivity index (χ1n) is 5.82. The van der Waals surface area contributed by atoms with E-state index in [1.165, 1.54) is 0 Å². The van der Waals surface area contributed by atoms with Crippen molar-refractivity contribution in [3.05, 3.63) is 30.3 Å². The van der Waals surface area contributed by atoms with Gasteiger partial charge in [0, 0.05) is 18.7 Å². The van der Waals surface area contributed by atoms with Gasteiger partial charge in [-0.25, -0.2) is 0 Å². The van der Waals surface area contributed by atoms with Gasteiger partial charge in [0.25, 0.3) is 0 Å². The Balaban J connectivity index is 0.00000144. The number of para-hydroxylation sites is 1. The Morgan fingerprint density at radius 2 is 1.82 bits per heavy atom. The molecule has 0 bridgehead atoms. The standard InChI is InChI=1S/C13H18N2O.ClH/c1-15(12-5-3-2-4-6-12)13(16)11-7-9-14-10-8-11;/h2-6,11,14H,7-10H2,1H3;1H. The van der Waals surface area contributed by atoms with Crippen LogP contribution in [0.5, 0.6) is 0 Å². The molecule has 94 valence electrons. The van der Waals surface area contributed by atoms with Gasteiger partial charge in [-0.15, -0.1) is 12.4 Å². The van der Waals surface area contributed by atoms with Gasteiger partial charge in [0.05, 0.1) is 0 Å². The average Bonchev–Trinajstić information content (AvgIpc) is 2.39. The monoisotopic (exact) mass is 254 g/mol. The molecular weight excluding hydrogens is 236 g/mol. The fraction of sp³-hybridized carbons (Fsp3) is 0.462. The zero-order valence-corrected chi connectivity index (χ0v) is 10.9. The predicted molar refractivity (Wildman–Crippen MR) is 72.7 cm³/mol. The fourth-order valence-electron chi connectivity index (χ4n) is 2.12. The van der Waals surface area contributed by atoms with Crippen LogP contribution in [0.25, 0.3) is 0 Å². The van der Waals surface area contributed by atoms with E-state index in [4.69, 9.17) is 0 Å². The molecule has 1 aliphatic heterocycles. The molecule has 0 atom stereocenters. The van der Waals surface area contributed by atoms with Crippen molar-refractivity contribution in [1.29, 1.82) is 0 Å². The summed E-state index contributed by atoms with van der Waals surface area (Å²) in [4.78, 5) is 14.0. The molecule has 1 heterocycles. The van der Waals surface area contributed by atoms with E-state index in [1.807, 2.05) is 37.4 Å². The molecule has 0 saturated carbocycles. The van der Waals surface area contributed by atoms with Crippen LogP contribution < -0.4 is 10.2 Å². The maximum Gasteiger partial charge on any atom is 0.229 e. The minimum Gasteiger partial charge on any atom is -0.317 e. The second kappa shape index (κ2) is 6.62. The van der Waals surface area contributed by atoms with E-state index in [2.05, 4.69) is 5.32 Å². The van der Waals surface area contributed by atoms with Crippen LogP contribution in [0, 0.1) is 5.92 Å². The van der Waals surface area contributed by atoms with Gasteiger partial charge >= 0.3 is 0 Å². The van der Waals surface area contributed by atoms with Crippen molar-refractivity contribution in [2.75, 3.05) is 25.0 Å². The maximum absolute atomic E-state index is 12.2. The highest BCUT2D eigenvalue weighted by atomic mass is 35.5. The smallest absolute Gasteiger partial charge is 0.229 e. The van der Waals surface area contributed by atoms with Crippen LogP contribution in [0.3, 0.4) is 0 Å². The highest BCUT2D eigenvalue weighted by molar-refractivity contribution is 5.94. The molecular formula is C13H19ClN2O. The minimum atomic E-state index is 0. The molecule has 17 heavy (non-hydrogen) atoms. The molecule has 0 aliphatic carbocycles. The van der Waals surface area contributed by atoms with E-state index in [-0.39, 0.29) is 24.2 Å². The summed E-state index contributed by atoms with van der Waals surface area (Å²) < 4.78 is 0. The molecule has 1 aromatic carbocycles. The molecule has 1 aliphatic rings. The summed E-state index contributed by atoms with van der Waals surface area (Å²) in [5, 5.41) is 3.28. The first-order chi connectivity index (χ1) is 7.79. The lowest BCUT2D eigenvalue weighted by Gasteiger charge is -2.26. The van der Waals surface area contributed by atoms with Crippen molar-refractivity contribution in [2.45, 2.75) is 12.8 Å². The van der Waals surface area contributed by atoms with Gasteiger partial charge in [0.15, 0.2) is 0 Å². The third-order valence-corrected chi connectivity index (χ3v) is 3.16. The lowest BCUT2D eigenvalue weighted by molar-refractivity contribution is -0.122. The number of anilines is 1. The van der Waals surface area contributed by atoms with Crippen LogP contribution in [0.4, 0.5) is 5.69 Å². The van der Waals surface area contributed by atoms with E-state index in [9.17, 15) is 4.79 Å². The number of amides is 1. The first-order valence-corrected chi connectivity index (χ1v) is 5.82. The number of hydrogen-bond donors (Lipinski definition) is 1. The molecule has 3 nitrogen and oxygen atoms in total. The Morgan fingerprint density at radius 1 is 1.24 bits per heavy atom. The molecule has 0 aromatic heterocycles. The van der Waals surface area contributed by atoms with Gasteiger partial charge < -0.3 is 10.2 Å². The molecule has 1 fully saturated rings. The third kappa shape index (κ3) is 3.45. The van der Waals surface area contributed by atoms with Gasteiger partial charge in [-0.2, -0.15) is 0 Å². The topological polar surface area (TPSA) is 32.3 Å². The number of halogens is 1. The largest absolute Gasteiger partial charge is 0.317 e. The summed E-state index contributed by atoms with van der Waals surface area (Å²) >= 11 is 0.